The largest absolute Gasteiger partial charge is 0.343 e. The van der Waals surface area contributed by atoms with E-state index in [1.54, 1.807) is 16.7 Å². The quantitative estimate of drug-likeness (QED) is 0.782. The predicted octanol–water partition coefficient (Wildman–Crippen LogP) is 3.77. The molecular weight excluding hydrogens is 328 g/mol. The first kappa shape index (κ1) is 15.8. The number of hydrogen-bond donors (Lipinski definition) is 1. The maximum Gasteiger partial charge on any atom is 0.273 e. The molecule has 2 aromatic heterocycles. The normalized spacial score (nSPS) is 12.1. The molecule has 1 aromatic carbocycles. The summed E-state index contributed by atoms with van der Waals surface area (Å²) in [4.78, 5) is 17.8. The summed E-state index contributed by atoms with van der Waals surface area (Å²) in [5, 5.41) is 9.34. The zero-order valence-electron chi connectivity index (χ0n) is 13.0. The van der Waals surface area contributed by atoms with Gasteiger partial charge in [0, 0.05) is 10.9 Å². The van der Waals surface area contributed by atoms with Gasteiger partial charge in [0.15, 0.2) is 5.69 Å². The Bertz CT molecular complexity index is 809. The first-order valence-corrected chi connectivity index (χ1v) is 8.82. The van der Waals surface area contributed by atoms with Crippen molar-refractivity contribution in [3.8, 4) is 10.6 Å². The summed E-state index contributed by atoms with van der Waals surface area (Å²) in [6.07, 6.45) is 0. The molecule has 0 bridgehead atoms. The van der Waals surface area contributed by atoms with Gasteiger partial charge < -0.3 is 5.32 Å². The lowest BCUT2D eigenvalue weighted by molar-refractivity contribution is 0.0935. The van der Waals surface area contributed by atoms with Crippen molar-refractivity contribution in [2.24, 2.45) is 0 Å². The minimum absolute atomic E-state index is 0.124. The second-order valence-electron chi connectivity index (χ2n) is 5.32. The van der Waals surface area contributed by atoms with Gasteiger partial charge in [-0.15, -0.1) is 16.4 Å². The molecule has 23 heavy (non-hydrogen) atoms. The fourth-order valence-electron chi connectivity index (χ4n) is 2.23. The molecule has 3 rings (SSSR count). The van der Waals surface area contributed by atoms with Gasteiger partial charge in [-0.2, -0.15) is 0 Å². The second-order valence-corrected chi connectivity index (χ2v) is 6.96. The van der Waals surface area contributed by atoms with E-state index < -0.39 is 0 Å². The number of carbonyl (C=O) groups is 1. The maximum absolute atomic E-state index is 12.1. The molecule has 1 N–H and O–H groups in total. The molecule has 0 radical (unpaired) electrons. The van der Waals surface area contributed by atoms with Crippen molar-refractivity contribution in [1.82, 2.24) is 19.9 Å². The van der Waals surface area contributed by atoms with Crippen molar-refractivity contribution < 1.29 is 4.79 Å². The van der Waals surface area contributed by atoms with E-state index in [-0.39, 0.29) is 11.9 Å². The van der Waals surface area contributed by atoms with Gasteiger partial charge in [-0.25, -0.2) is 4.98 Å². The fourth-order valence-corrected chi connectivity index (χ4v) is 3.74. The Labute approximate surface area is 142 Å². The molecule has 0 fully saturated rings. The van der Waals surface area contributed by atoms with E-state index in [1.807, 2.05) is 13.8 Å². The molecule has 118 valence electrons. The third kappa shape index (κ3) is 3.46. The molecular formula is C16H16N4OS2. The number of thiazole rings is 1. The first-order valence-electron chi connectivity index (χ1n) is 7.17. The topological polar surface area (TPSA) is 67.8 Å². The van der Waals surface area contributed by atoms with Gasteiger partial charge in [0.25, 0.3) is 5.91 Å². The number of aromatic nitrogens is 3. The number of nitrogens with one attached hydrogen (secondary N) is 1. The third-order valence-electron chi connectivity index (χ3n) is 3.46. The number of aryl methyl sites for hydroxylation is 2. The van der Waals surface area contributed by atoms with Crippen LogP contribution in [0, 0.1) is 13.8 Å². The molecule has 1 unspecified atom stereocenters. The zero-order valence-corrected chi connectivity index (χ0v) is 14.7. The average molecular weight is 344 g/mol. The summed E-state index contributed by atoms with van der Waals surface area (Å²) < 4.78 is 3.71. The van der Waals surface area contributed by atoms with E-state index in [4.69, 9.17) is 0 Å². The van der Waals surface area contributed by atoms with Crippen LogP contribution in [-0.4, -0.2) is 20.5 Å². The van der Waals surface area contributed by atoms with Gasteiger partial charge in [0.2, 0.25) is 0 Å². The molecule has 0 saturated heterocycles. The monoisotopic (exact) mass is 344 g/mol. The standard InChI is InChI=1S/C16H16N4OS2/c1-9-4-6-12(7-5-9)16-18-11(3)14(23-16)10(2)17-15(21)13-8-22-20-19-13/h4-8,10H,1-3H3,(H,17,21). The number of hydrogen-bond acceptors (Lipinski definition) is 6. The van der Waals surface area contributed by atoms with E-state index in [1.165, 1.54) is 5.56 Å². The Morgan fingerprint density at radius 1 is 1.22 bits per heavy atom. The van der Waals surface area contributed by atoms with Crippen LogP contribution in [0.4, 0.5) is 0 Å². The summed E-state index contributed by atoms with van der Waals surface area (Å²) >= 11 is 2.77. The van der Waals surface area contributed by atoms with Gasteiger partial charge in [-0.1, -0.05) is 34.3 Å². The lowest BCUT2D eigenvalue weighted by Crippen LogP contribution is -2.26. The van der Waals surface area contributed by atoms with Crippen molar-refractivity contribution in [2.45, 2.75) is 26.8 Å². The molecule has 0 saturated carbocycles. The van der Waals surface area contributed by atoms with E-state index in [0.29, 0.717) is 5.69 Å². The van der Waals surface area contributed by atoms with Crippen LogP contribution in [0.3, 0.4) is 0 Å². The number of carbonyl (C=O) groups excluding carboxylic acids is 1. The Kier molecular flexibility index (Phi) is 4.49. The van der Waals surface area contributed by atoms with Crippen LogP contribution < -0.4 is 5.32 Å². The second kappa shape index (κ2) is 6.55. The summed E-state index contributed by atoms with van der Waals surface area (Å²) in [6, 6.07) is 8.17. The number of rotatable bonds is 4. The smallest absolute Gasteiger partial charge is 0.273 e. The number of benzene rings is 1. The van der Waals surface area contributed by atoms with Gasteiger partial charge in [0.05, 0.1) is 16.6 Å². The van der Waals surface area contributed by atoms with E-state index >= 15 is 0 Å². The average Bonchev–Trinajstić information content (AvgIpc) is 3.17. The van der Waals surface area contributed by atoms with Gasteiger partial charge in [0.1, 0.15) is 5.01 Å². The molecule has 0 aliphatic rings. The van der Waals surface area contributed by atoms with Crippen molar-refractivity contribution >= 4 is 28.8 Å². The molecule has 1 amide bonds. The van der Waals surface area contributed by atoms with Crippen LogP contribution in [0.1, 0.15) is 39.6 Å². The van der Waals surface area contributed by atoms with Crippen LogP contribution in [0.25, 0.3) is 10.6 Å². The van der Waals surface area contributed by atoms with Crippen LogP contribution in [0.15, 0.2) is 29.6 Å². The van der Waals surface area contributed by atoms with Gasteiger partial charge in [-0.3, -0.25) is 4.79 Å². The Morgan fingerprint density at radius 3 is 2.61 bits per heavy atom. The minimum Gasteiger partial charge on any atom is -0.343 e. The molecule has 0 aliphatic carbocycles. The van der Waals surface area contributed by atoms with Crippen LogP contribution >= 0.6 is 22.9 Å². The summed E-state index contributed by atoms with van der Waals surface area (Å²) in [5.41, 5.74) is 3.61. The minimum atomic E-state index is -0.212. The van der Waals surface area contributed by atoms with Crippen molar-refractivity contribution in [2.75, 3.05) is 0 Å². The van der Waals surface area contributed by atoms with Crippen molar-refractivity contribution in [1.29, 1.82) is 0 Å². The molecule has 7 heteroatoms. The molecule has 0 spiro atoms. The number of nitrogens with zero attached hydrogens (tertiary/aromatic N) is 3. The Balaban J connectivity index is 1.80. The number of amides is 1. The zero-order chi connectivity index (χ0) is 16.4. The Morgan fingerprint density at radius 2 is 1.96 bits per heavy atom. The molecule has 3 aromatic rings. The summed E-state index contributed by atoms with van der Waals surface area (Å²) in [6.45, 7) is 5.99. The molecule has 2 heterocycles. The highest BCUT2D eigenvalue weighted by Gasteiger charge is 2.19. The van der Waals surface area contributed by atoms with Crippen molar-refractivity contribution in [3.05, 3.63) is 51.5 Å². The highest BCUT2D eigenvalue weighted by molar-refractivity contribution is 7.15. The SMILES string of the molecule is Cc1ccc(-c2nc(C)c(C(C)NC(=O)c3csnn3)s2)cc1. The van der Waals surface area contributed by atoms with E-state index in [2.05, 4.69) is 51.1 Å². The maximum atomic E-state index is 12.1. The summed E-state index contributed by atoms with van der Waals surface area (Å²) in [5.74, 6) is -0.212. The highest BCUT2D eigenvalue weighted by Crippen LogP contribution is 2.31. The lowest BCUT2D eigenvalue weighted by Gasteiger charge is -2.11. The highest BCUT2D eigenvalue weighted by atomic mass is 32.1. The summed E-state index contributed by atoms with van der Waals surface area (Å²) in [7, 11) is 0. The van der Waals surface area contributed by atoms with Gasteiger partial charge >= 0.3 is 0 Å². The first-order chi connectivity index (χ1) is 11.0. The van der Waals surface area contributed by atoms with Crippen LogP contribution in [0.5, 0.6) is 0 Å². The molecule has 0 aliphatic heterocycles. The Hall–Kier alpha value is -2.12. The predicted molar refractivity (Wildman–Crippen MR) is 92.8 cm³/mol. The molecule has 1 atom stereocenters. The lowest BCUT2D eigenvalue weighted by atomic mass is 10.2. The third-order valence-corrected chi connectivity index (χ3v) is 5.36. The fraction of sp³-hybridized carbons (Fsp3) is 0.250. The molecule has 5 nitrogen and oxygen atoms in total. The van der Waals surface area contributed by atoms with Crippen LogP contribution in [-0.2, 0) is 0 Å². The van der Waals surface area contributed by atoms with Gasteiger partial charge in [-0.05, 0) is 32.3 Å². The van der Waals surface area contributed by atoms with E-state index in [0.717, 1.165) is 32.7 Å². The van der Waals surface area contributed by atoms with E-state index in [9.17, 15) is 4.79 Å². The van der Waals surface area contributed by atoms with Crippen LogP contribution in [0.2, 0.25) is 0 Å². The van der Waals surface area contributed by atoms with Crippen molar-refractivity contribution in [3.63, 3.8) is 0 Å².